The Hall–Kier alpha value is -3.94. The van der Waals surface area contributed by atoms with Crippen molar-refractivity contribution < 1.29 is 78.3 Å². The van der Waals surface area contributed by atoms with Crippen LogP contribution in [0.1, 0.15) is 125 Å². The molecule has 0 spiro atoms. The number of oxime groups is 1. The van der Waals surface area contributed by atoms with E-state index >= 15 is 0 Å². The highest BCUT2D eigenvalue weighted by molar-refractivity contribution is 7.99. The number of ether oxygens (including phenoxy) is 7. The van der Waals surface area contributed by atoms with Gasteiger partial charge in [0.1, 0.15) is 41.8 Å². The van der Waals surface area contributed by atoms with Gasteiger partial charge in [-0.25, -0.2) is 4.79 Å². The van der Waals surface area contributed by atoms with Crippen molar-refractivity contribution in [1.82, 2.24) is 14.8 Å². The zero-order valence-electron chi connectivity index (χ0n) is 47.1. The molecular formula is C55H86N4O17S. The maximum Gasteiger partial charge on any atom is 0.341 e. The molecule has 4 aliphatic heterocycles. The molecule has 5 heterocycles. The molecule has 2 aromatic rings. The number of aliphatic hydroxyl groups is 4. The van der Waals surface area contributed by atoms with Gasteiger partial charge in [0.15, 0.2) is 12.6 Å². The number of cyclic esters (lactones) is 1. The fraction of sp³-hybridized carbons (Fsp3) is 0.764. The van der Waals surface area contributed by atoms with E-state index in [0.29, 0.717) is 56.1 Å². The van der Waals surface area contributed by atoms with Crippen LogP contribution in [0.4, 0.5) is 0 Å². The molecule has 21 nitrogen and oxygen atoms in total. The van der Waals surface area contributed by atoms with E-state index in [2.05, 4.69) is 10.5 Å². The fourth-order valence-electron chi connectivity index (χ4n) is 12.1. The molecule has 0 unspecified atom stereocenters. The van der Waals surface area contributed by atoms with Crippen molar-refractivity contribution in [2.24, 2.45) is 34.2 Å². The van der Waals surface area contributed by atoms with Gasteiger partial charge in [-0.3, -0.25) is 14.4 Å². The van der Waals surface area contributed by atoms with E-state index in [1.165, 1.54) is 24.9 Å². The van der Waals surface area contributed by atoms with Crippen LogP contribution in [0.15, 0.2) is 33.2 Å². The Morgan fingerprint density at radius 3 is 2.30 bits per heavy atom. The summed E-state index contributed by atoms with van der Waals surface area (Å²) >= 11 is 1.46. The van der Waals surface area contributed by atoms with Crippen molar-refractivity contribution in [3.63, 3.8) is 0 Å². The van der Waals surface area contributed by atoms with Crippen LogP contribution in [0, 0.1) is 29.1 Å². The van der Waals surface area contributed by atoms with Crippen LogP contribution < -0.4 is 15.5 Å². The minimum Gasteiger partial charge on any atom is -0.489 e. The van der Waals surface area contributed by atoms with Crippen LogP contribution in [-0.4, -0.2) is 182 Å². The molecule has 0 saturated carbocycles. The SMILES string of the molecule is CC[C@H]1OC(=O)[C@H](C)[C@@H](O[C@H]2C[C@@](C)(CC)[C@@H](OC(=O)CCNCCSc3cc4c5c(c3)c(=O)c(C(=O)O)cn5CCO4)[C@H](C)O2)[C@H](C)[C@@H](O[C@@H]2O[C@H](C)C[C@H](N(C)C)[C@H]2O)[C@](C)(O)C[C@@H](C)/C(=N\O)[C@H](C)[C@@H](O)[C@]1(C)O. The van der Waals surface area contributed by atoms with Gasteiger partial charge in [-0.2, -0.15) is 0 Å². The fourth-order valence-corrected chi connectivity index (χ4v) is 13.0. The smallest absolute Gasteiger partial charge is 0.341 e. The van der Waals surface area contributed by atoms with Gasteiger partial charge < -0.3 is 78.7 Å². The number of carbonyl (C=O) groups excluding carboxylic acids is 2. The molecule has 0 amide bonds. The standard InChI is InChI=1S/C55H86N4O17S/c1-14-39-55(11,68)47(63)30(5)42(57-69)28(3)25-54(10,67)48(76-52-45(62)37(58(12)13)22-29(4)71-52)31(6)46(32(7)51(66)73-39)75-41-26-53(9,15-2)49(33(8)72-41)74-40(60)16-17-56-18-21-77-34-23-35-43-38(24-34)70-20-19-59(43)27-36(44(35)61)50(64)65/h23-24,27-33,37,39,41,45-49,52,56,62-63,67-69H,14-22,25-26H2,1-13H3,(H,64,65)/b57-42+/t28-,29-,30+,31+,32-,33+,37+,39-,41+,45-,46+,47-,48-,49+,52+,53-,54-,55-/m1/s1. The van der Waals surface area contributed by atoms with E-state index < -0.39 is 119 Å². The van der Waals surface area contributed by atoms with Crippen molar-refractivity contribution in [3.05, 3.63) is 34.1 Å². The topological polar surface area (TPSA) is 287 Å². The number of pyridine rings is 1. The van der Waals surface area contributed by atoms with Gasteiger partial charge in [-0.15, -0.1) is 11.8 Å². The van der Waals surface area contributed by atoms with Crippen molar-refractivity contribution in [2.45, 2.75) is 205 Å². The summed E-state index contributed by atoms with van der Waals surface area (Å²) in [6, 6.07) is 3.17. The largest absolute Gasteiger partial charge is 0.489 e. The minimum atomic E-state index is -2.02. The molecule has 1 aromatic carbocycles. The van der Waals surface area contributed by atoms with Gasteiger partial charge in [0.2, 0.25) is 5.43 Å². The first-order chi connectivity index (χ1) is 36.1. The number of likely N-dealkylation sites (N-methyl/N-ethyl adjacent to an activating group) is 1. The maximum absolute atomic E-state index is 14.6. The third kappa shape index (κ3) is 13.8. The number of thioether (sulfide) groups is 1. The lowest BCUT2D eigenvalue weighted by Gasteiger charge is -2.50. The first kappa shape index (κ1) is 62.3. The summed E-state index contributed by atoms with van der Waals surface area (Å²) in [5.74, 6) is -5.09. The highest BCUT2D eigenvalue weighted by atomic mass is 32.2. The number of aliphatic hydroxyl groups excluding tert-OH is 2. The monoisotopic (exact) mass is 1110 g/mol. The average Bonchev–Trinajstić information content (AvgIpc) is 3.40. The van der Waals surface area contributed by atoms with Crippen LogP contribution in [0.3, 0.4) is 0 Å². The third-order valence-electron chi connectivity index (χ3n) is 16.7. The number of carbonyl (C=O) groups is 3. The minimum absolute atomic E-state index is 0.0545. The maximum atomic E-state index is 14.6. The average molecular weight is 1110 g/mol. The van der Waals surface area contributed by atoms with Crippen molar-refractivity contribution in [2.75, 3.05) is 39.5 Å². The lowest BCUT2D eigenvalue weighted by molar-refractivity contribution is -0.313. The Kier molecular flexibility index (Phi) is 20.8. The zero-order valence-corrected chi connectivity index (χ0v) is 47.9. The van der Waals surface area contributed by atoms with E-state index in [4.69, 9.17) is 33.2 Å². The summed E-state index contributed by atoms with van der Waals surface area (Å²) in [6.07, 6.45) is -7.57. The van der Waals surface area contributed by atoms with E-state index in [1.807, 2.05) is 45.8 Å². The summed E-state index contributed by atoms with van der Waals surface area (Å²) in [5, 5.41) is 75.3. The van der Waals surface area contributed by atoms with E-state index in [9.17, 15) is 49.9 Å². The number of hydrogen-bond acceptors (Lipinski definition) is 20. The van der Waals surface area contributed by atoms with E-state index in [-0.39, 0.29) is 54.5 Å². The quantitative estimate of drug-likeness (QED) is 0.0391. The van der Waals surface area contributed by atoms with Gasteiger partial charge in [0.25, 0.3) is 0 Å². The molecule has 0 bridgehead atoms. The number of nitrogens with one attached hydrogen (secondary N) is 1. The molecule has 3 fully saturated rings. The number of carboxylic acid groups (broad SMARTS) is 1. The van der Waals surface area contributed by atoms with Gasteiger partial charge in [0, 0.05) is 65.6 Å². The number of hydrogen-bond donors (Lipinski definition) is 7. The molecule has 6 rings (SSSR count). The van der Waals surface area contributed by atoms with Crippen molar-refractivity contribution >= 4 is 46.3 Å². The number of benzene rings is 1. The van der Waals surface area contributed by atoms with E-state index in [1.54, 1.807) is 59.1 Å². The highest BCUT2D eigenvalue weighted by Crippen LogP contribution is 2.45. The summed E-state index contributed by atoms with van der Waals surface area (Å²) in [6.45, 7) is 20.5. The van der Waals surface area contributed by atoms with E-state index in [0.717, 1.165) is 4.90 Å². The molecule has 4 aliphatic rings. The third-order valence-corrected chi connectivity index (χ3v) is 17.6. The molecule has 434 valence electrons. The van der Waals surface area contributed by atoms with Gasteiger partial charge in [0.05, 0.1) is 71.6 Å². The number of aromatic carboxylic acids is 1. The molecule has 18 atom stereocenters. The predicted octanol–water partition coefficient (Wildman–Crippen LogP) is 4.79. The molecule has 22 heteroatoms. The number of carboxylic acids is 1. The number of aromatic nitrogens is 1. The van der Waals surface area contributed by atoms with Gasteiger partial charge in [-0.1, -0.05) is 46.7 Å². The van der Waals surface area contributed by atoms with Gasteiger partial charge >= 0.3 is 17.9 Å². The Balaban J connectivity index is 1.19. The van der Waals surface area contributed by atoms with Crippen molar-refractivity contribution in [1.29, 1.82) is 0 Å². The second-order valence-corrected chi connectivity index (χ2v) is 24.1. The summed E-state index contributed by atoms with van der Waals surface area (Å²) in [5.41, 5.74) is -4.74. The molecule has 0 aliphatic carbocycles. The lowest BCUT2D eigenvalue weighted by atomic mass is 9.73. The Morgan fingerprint density at radius 2 is 1.66 bits per heavy atom. The predicted molar refractivity (Wildman–Crippen MR) is 286 cm³/mol. The zero-order chi connectivity index (χ0) is 57.1. The molecular weight excluding hydrogens is 1020 g/mol. The number of esters is 2. The van der Waals surface area contributed by atoms with Crippen LogP contribution >= 0.6 is 11.8 Å². The van der Waals surface area contributed by atoms with Crippen LogP contribution in [0.5, 0.6) is 5.75 Å². The molecule has 3 saturated heterocycles. The second kappa shape index (κ2) is 25.7. The molecule has 77 heavy (non-hydrogen) atoms. The highest BCUT2D eigenvalue weighted by Gasteiger charge is 2.54. The summed E-state index contributed by atoms with van der Waals surface area (Å²) in [7, 11) is 3.69. The Morgan fingerprint density at radius 1 is 0.961 bits per heavy atom. The number of rotatable bonds is 16. The number of nitrogens with zero attached hydrogens (tertiary/aromatic N) is 3. The van der Waals surface area contributed by atoms with Gasteiger partial charge in [-0.05, 0) is 86.5 Å². The summed E-state index contributed by atoms with van der Waals surface area (Å²) < 4.78 is 46.4. The normalized spacial score (nSPS) is 38.0. The van der Waals surface area contributed by atoms with Crippen LogP contribution in [-0.2, 0) is 44.6 Å². The van der Waals surface area contributed by atoms with Crippen LogP contribution in [0.2, 0.25) is 0 Å². The Bertz CT molecular complexity index is 2470. The Labute approximate surface area is 456 Å². The molecule has 0 radical (unpaired) electrons. The van der Waals surface area contributed by atoms with Crippen molar-refractivity contribution in [3.8, 4) is 5.75 Å². The molecule has 1 aromatic heterocycles. The first-order valence-electron chi connectivity index (χ1n) is 27.2. The second-order valence-electron chi connectivity index (χ2n) is 22.9. The van der Waals surface area contributed by atoms with Crippen LogP contribution in [0.25, 0.3) is 10.9 Å². The summed E-state index contributed by atoms with van der Waals surface area (Å²) in [4.78, 5) is 55.6. The molecule has 7 N–H and O–H groups in total. The lowest BCUT2D eigenvalue weighted by Crippen LogP contribution is -2.60. The first-order valence-corrected chi connectivity index (χ1v) is 28.2.